The number of fused-ring (bicyclic) bond motifs is 1. The van der Waals surface area contributed by atoms with Gasteiger partial charge in [-0.25, -0.2) is 4.79 Å². The summed E-state index contributed by atoms with van der Waals surface area (Å²) in [6, 6.07) is 3.46. The largest absolute Gasteiger partial charge is 0.490 e. The maximum Gasteiger partial charge on any atom is 0.328 e. The Labute approximate surface area is 135 Å². The van der Waals surface area contributed by atoms with Crippen molar-refractivity contribution in [3.05, 3.63) is 23.8 Å². The van der Waals surface area contributed by atoms with Crippen LogP contribution in [0.4, 0.5) is 5.69 Å². The predicted octanol–water partition coefficient (Wildman–Crippen LogP) is 2.71. The minimum atomic E-state index is -1.04. The van der Waals surface area contributed by atoms with Gasteiger partial charge in [0.25, 0.3) is 5.91 Å². The first kappa shape index (κ1) is 16.9. The van der Waals surface area contributed by atoms with Crippen LogP contribution in [-0.2, 0) is 9.59 Å². The third-order valence-corrected chi connectivity index (χ3v) is 3.42. The monoisotopic (exact) mass is 319 g/mol. The minimum absolute atomic E-state index is 0.110. The Bertz CT molecular complexity index is 638. The van der Waals surface area contributed by atoms with Crippen molar-refractivity contribution in [3.8, 4) is 11.5 Å². The zero-order chi connectivity index (χ0) is 17.0. The molecule has 1 heterocycles. The Morgan fingerprint density at radius 1 is 1.43 bits per heavy atom. The second-order valence-corrected chi connectivity index (χ2v) is 5.22. The Morgan fingerprint density at radius 3 is 2.78 bits per heavy atom. The number of benzene rings is 1. The van der Waals surface area contributed by atoms with Gasteiger partial charge in [-0.2, -0.15) is 0 Å². The van der Waals surface area contributed by atoms with Crippen LogP contribution in [0.5, 0.6) is 11.5 Å². The topological polar surface area (TPSA) is 76.1 Å². The molecular formula is C17H21NO5. The Morgan fingerprint density at radius 2 is 2.17 bits per heavy atom. The fourth-order valence-corrected chi connectivity index (χ4v) is 2.47. The summed E-state index contributed by atoms with van der Waals surface area (Å²) >= 11 is 0. The van der Waals surface area contributed by atoms with Gasteiger partial charge in [-0.3, -0.25) is 4.79 Å². The van der Waals surface area contributed by atoms with Crippen LogP contribution in [0, 0.1) is 0 Å². The Balaban J connectivity index is 2.55. The van der Waals surface area contributed by atoms with Crippen molar-refractivity contribution in [1.29, 1.82) is 0 Å². The lowest BCUT2D eigenvalue weighted by atomic mass is 10.1. The number of aliphatic carboxylic acids is 1. The molecule has 1 aromatic carbocycles. The maximum absolute atomic E-state index is 12.4. The molecule has 1 aromatic rings. The second-order valence-electron chi connectivity index (χ2n) is 5.22. The molecule has 1 atom stereocenters. The minimum Gasteiger partial charge on any atom is -0.490 e. The lowest BCUT2D eigenvalue weighted by molar-refractivity contribution is -0.131. The van der Waals surface area contributed by atoms with Crippen molar-refractivity contribution in [3.63, 3.8) is 0 Å². The smallest absolute Gasteiger partial charge is 0.328 e. The normalized spacial score (nSPS) is 17.1. The van der Waals surface area contributed by atoms with E-state index < -0.39 is 12.1 Å². The first-order valence-electron chi connectivity index (χ1n) is 7.67. The number of ether oxygens (including phenoxy) is 2. The summed E-state index contributed by atoms with van der Waals surface area (Å²) in [6.07, 6.45) is 2.75. The highest BCUT2D eigenvalue weighted by atomic mass is 16.5. The number of carboxylic acids is 1. The summed E-state index contributed by atoms with van der Waals surface area (Å²) in [7, 11) is 0. The molecule has 0 bridgehead atoms. The van der Waals surface area contributed by atoms with Gasteiger partial charge in [-0.1, -0.05) is 6.92 Å². The van der Waals surface area contributed by atoms with Gasteiger partial charge < -0.3 is 19.5 Å². The molecule has 6 nitrogen and oxygen atoms in total. The summed E-state index contributed by atoms with van der Waals surface area (Å²) in [5.74, 6) is -0.108. The van der Waals surface area contributed by atoms with Gasteiger partial charge in [-0.05, 0) is 44.0 Å². The molecule has 0 aromatic heterocycles. The van der Waals surface area contributed by atoms with E-state index >= 15 is 0 Å². The number of amides is 1. The van der Waals surface area contributed by atoms with Gasteiger partial charge in [0.05, 0.1) is 12.3 Å². The molecule has 0 saturated carbocycles. The molecular weight excluding hydrogens is 298 g/mol. The summed E-state index contributed by atoms with van der Waals surface area (Å²) in [5.41, 5.74) is 1.26. The number of hydrogen-bond acceptors (Lipinski definition) is 4. The molecule has 1 unspecified atom stereocenters. The van der Waals surface area contributed by atoms with Crippen LogP contribution in [-0.4, -0.2) is 36.2 Å². The number of rotatable bonds is 6. The van der Waals surface area contributed by atoms with Crippen LogP contribution in [0.15, 0.2) is 18.2 Å². The lowest BCUT2D eigenvalue weighted by Crippen LogP contribution is -2.44. The van der Waals surface area contributed by atoms with Crippen LogP contribution in [0.25, 0.3) is 6.08 Å². The maximum atomic E-state index is 12.4. The Kier molecular flexibility index (Phi) is 5.26. The van der Waals surface area contributed by atoms with Gasteiger partial charge in [0.2, 0.25) is 0 Å². The van der Waals surface area contributed by atoms with Crippen LogP contribution < -0.4 is 14.4 Å². The Hall–Kier alpha value is -2.50. The van der Waals surface area contributed by atoms with Crippen LogP contribution in [0.1, 0.15) is 32.8 Å². The molecule has 1 aliphatic heterocycles. The molecule has 0 saturated heterocycles. The van der Waals surface area contributed by atoms with Crippen LogP contribution in [0.3, 0.4) is 0 Å². The molecule has 0 fully saturated rings. The first-order chi connectivity index (χ1) is 11.0. The molecule has 2 rings (SSSR count). The number of nitrogens with zero attached hydrogens (tertiary/aromatic N) is 1. The van der Waals surface area contributed by atoms with Crippen molar-refractivity contribution in [2.75, 3.05) is 18.1 Å². The molecule has 6 heteroatoms. The summed E-state index contributed by atoms with van der Waals surface area (Å²) < 4.78 is 11.3. The highest BCUT2D eigenvalue weighted by Crippen LogP contribution is 2.43. The summed E-state index contributed by atoms with van der Waals surface area (Å²) in [6.45, 7) is 6.56. The van der Waals surface area contributed by atoms with Gasteiger partial charge in [0, 0.05) is 12.6 Å². The predicted molar refractivity (Wildman–Crippen MR) is 87.0 cm³/mol. The van der Waals surface area contributed by atoms with Crippen molar-refractivity contribution in [2.24, 2.45) is 0 Å². The molecule has 124 valence electrons. The van der Waals surface area contributed by atoms with E-state index in [9.17, 15) is 9.59 Å². The molecule has 0 spiro atoms. The quantitative estimate of drug-likeness (QED) is 0.816. The van der Waals surface area contributed by atoms with E-state index in [0.29, 0.717) is 35.9 Å². The standard InChI is InChI=1S/C17H21NO5/c1-4-8-18-13-9-12(6-7-15(19)20)10-14(22-5-2)16(13)23-11(3)17(18)21/h6-7,9-11H,4-5,8H2,1-3H3,(H,19,20)/b7-6+. The van der Waals surface area contributed by atoms with Crippen molar-refractivity contribution >= 4 is 23.6 Å². The molecule has 1 aliphatic rings. The van der Waals surface area contributed by atoms with Gasteiger partial charge in [-0.15, -0.1) is 0 Å². The van der Waals surface area contributed by atoms with E-state index in [2.05, 4.69) is 0 Å². The molecule has 1 N–H and O–H groups in total. The first-order valence-corrected chi connectivity index (χ1v) is 7.67. The number of carbonyl (C=O) groups is 2. The average Bonchev–Trinajstić information content (AvgIpc) is 2.51. The van der Waals surface area contributed by atoms with Crippen LogP contribution in [0.2, 0.25) is 0 Å². The highest BCUT2D eigenvalue weighted by Gasteiger charge is 2.33. The van der Waals surface area contributed by atoms with E-state index in [1.54, 1.807) is 24.0 Å². The fraction of sp³-hybridized carbons (Fsp3) is 0.412. The molecule has 0 radical (unpaired) electrons. The number of carboxylic acid groups (broad SMARTS) is 1. The third kappa shape index (κ3) is 3.64. The lowest BCUT2D eigenvalue weighted by Gasteiger charge is -2.34. The van der Waals surface area contributed by atoms with E-state index in [4.69, 9.17) is 14.6 Å². The van der Waals surface area contributed by atoms with Gasteiger partial charge in [0.1, 0.15) is 0 Å². The number of anilines is 1. The van der Waals surface area contributed by atoms with Crippen molar-refractivity contribution < 1.29 is 24.2 Å². The SMILES string of the molecule is CCCN1C(=O)C(C)Oc2c(OCC)cc(/C=C/C(=O)O)cc21. The van der Waals surface area contributed by atoms with Gasteiger partial charge in [0.15, 0.2) is 17.6 Å². The third-order valence-electron chi connectivity index (χ3n) is 3.42. The number of carbonyl (C=O) groups excluding carboxylic acids is 1. The fourth-order valence-electron chi connectivity index (χ4n) is 2.47. The zero-order valence-electron chi connectivity index (χ0n) is 13.5. The van der Waals surface area contributed by atoms with E-state index in [1.807, 2.05) is 13.8 Å². The summed E-state index contributed by atoms with van der Waals surface area (Å²) in [4.78, 5) is 24.8. The number of hydrogen-bond donors (Lipinski definition) is 1. The van der Waals surface area contributed by atoms with E-state index in [-0.39, 0.29) is 5.91 Å². The summed E-state index contributed by atoms with van der Waals surface area (Å²) in [5, 5.41) is 8.79. The molecule has 1 amide bonds. The van der Waals surface area contributed by atoms with Crippen LogP contribution >= 0.6 is 0 Å². The van der Waals surface area contributed by atoms with E-state index in [0.717, 1.165) is 12.5 Å². The zero-order valence-corrected chi connectivity index (χ0v) is 13.5. The highest BCUT2D eigenvalue weighted by molar-refractivity contribution is 6.01. The second kappa shape index (κ2) is 7.17. The van der Waals surface area contributed by atoms with Gasteiger partial charge >= 0.3 is 5.97 Å². The van der Waals surface area contributed by atoms with E-state index in [1.165, 1.54) is 6.08 Å². The average molecular weight is 319 g/mol. The van der Waals surface area contributed by atoms with Crippen molar-refractivity contribution in [2.45, 2.75) is 33.3 Å². The van der Waals surface area contributed by atoms with Crippen molar-refractivity contribution in [1.82, 2.24) is 0 Å². The molecule has 23 heavy (non-hydrogen) atoms. The molecule has 0 aliphatic carbocycles.